The summed E-state index contributed by atoms with van der Waals surface area (Å²) in [6.45, 7) is 0. The molecular weight excluding hydrogens is 380 g/mol. The number of carbonyl (C=O) groups is 2. The van der Waals surface area contributed by atoms with Gasteiger partial charge in [-0.3, -0.25) is 4.79 Å². The highest BCUT2D eigenvalue weighted by molar-refractivity contribution is 7.22. The maximum absolute atomic E-state index is 12.6. The van der Waals surface area contributed by atoms with E-state index < -0.39 is 5.97 Å². The summed E-state index contributed by atoms with van der Waals surface area (Å²) < 4.78 is 5.77. The van der Waals surface area contributed by atoms with Gasteiger partial charge >= 0.3 is 5.97 Å². The molecule has 1 amide bonds. The van der Waals surface area contributed by atoms with Crippen LogP contribution in [-0.2, 0) is 4.74 Å². The lowest BCUT2D eigenvalue weighted by Crippen LogP contribution is -2.12. The molecule has 0 aliphatic heterocycles. The van der Waals surface area contributed by atoms with Gasteiger partial charge in [0, 0.05) is 11.1 Å². The van der Waals surface area contributed by atoms with Crippen LogP contribution in [0.2, 0.25) is 0 Å². The van der Waals surface area contributed by atoms with Gasteiger partial charge in [0.25, 0.3) is 5.91 Å². The third kappa shape index (κ3) is 3.47. The molecule has 0 aliphatic rings. The minimum absolute atomic E-state index is 0.240. The highest BCUT2D eigenvalue weighted by Crippen LogP contribution is 2.37. The lowest BCUT2D eigenvalue weighted by molar-refractivity contribution is 0.0600. The Labute approximate surface area is 163 Å². The summed E-state index contributed by atoms with van der Waals surface area (Å²) in [6, 6.07) is 16.3. The fourth-order valence-corrected chi connectivity index (χ4v) is 4.46. The number of benzene rings is 2. The summed E-state index contributed by atoms with van der Waals surface area (Å²) in [5.41, 5.74) is 2.71. The van der Waals surface area contributed by atoms with Crippen LogP contribution in [0.25, 0.3) is 20.8 Å². The van der Waals surface area contributed by atoms with E-state index in [0.717, 1.165) is 25.8 Å². The molecular formula is C20H14N2O3S2. The van der Waals surface area contributed by atoms with Crippen LogP contribution in [0.3, 0.4) is 0 Å². The quantitative estimate of drug-likeness (QED) is 0.491. The molecule has 0 spiro atoms. The van der Waals surface area contributed by atoms with Gasteiger partial charge in [-0.1, -0.05) is 12.1 Å². The van der Waals surface area contributed by atoms with Crippen molar-refractivity contribution in [2.75, 3.05) is 12.4 Å². The van der Waals surface area contributed by atoms with E-state index in [-0.39, 0.29) is 5.91 Å². The van der Waals surface area contributed by atoms with Gasteiger partial charge in [0.2, 0.25) is 0 Å². The molecule has 7 heteroatoms. The third-order valence-electron chi connectivity index (χ3n) is 3.98. The number of aromatic nitrogens is 1. The van der Waals surface area contributed by atoms with Crippen molar-refractivity contribution >= 4 is 49.8 Å². The summed E-state index contributed by atoms with van der Waals surface area (Å²) in [7, 11) is 1.32. The number of carbonyl (C=O) groups excluding carboxylic acids is 2. The Morgan fingerprint density at radius 3 is 2.48 bits per heavy atom. The van der Waals surface area contributed by atoms with Crippen LogP contribution < -0.4 is 5.32 Å². The van der Waals surface area contributed by atoms with Crippen LogP contribution in [0.5, 0.6) is 0 Å². The molecule has 0 atom stereocenters. The number of anilines is 1. The molecule has 2 heterocycles. The van der Waals surface area contributed by atoms with Crippen molar-refractivity contribution in [3.8, 4) is 10.6 Å². The first-order valence-electron chi connectivity index (χ1n) is 8.09. The van der Waals surface area contributed by atoms with Crippen molar-refractivity contribution in [2.24, 2.45) is 0 Å². The number of rotatable bonds is 4. The molecule has 4 rings (SSSR count). The normalized spacial score (nSPS) is 10.7. The van der Waals surface area contributed by atoms with E-state index in [1.54, 1.807) is 35.6 Å². The molecule has 27 heavy (non-hydrogen) atoms. The zero-order valence-corrected chi connectivity index (χ0v) is 15.9. The average Bonchev–Trinajstić information content (AvgIpc) is 3.33. The van der Waals surface area contributed by atoms with Crippen LogP contribution in [0.4, 0.5) is 5.00 Å². The average molecular weight is 394 g/mol. The second-order valence-electron chi connectivity index (χ2n) is 5.67. The van der Waals surface area contributed by atoms with Crippen molar-refractivity contribution in [2.45, 2.75) is 0 Å². The predicted molar refractivity (Wildman–Crippen MR) is 109 cm³/mol. The van der Waals surface area contributed by atoms with E-state index >= 15 is 0 Å². The summed E-state index contributed by atoms with van der Waals surface area (Å²) in [5.74, 6) is -0.672. The highest BCUT2D eigenvalue weighted by atomic mass is 32.1. The number of ether oxygens (including phenoxy) is 1. The SMILES string of the molecule is COC(=O)c1ccc(C(=O)Nc2sccc2-c2nc3ccccc3s2)cc1. The molecule has 0 radical (unpaired) electrons. The fraction of sp³-hybridized carbons (Fsp3) is 0.0500. The minimum atomic E-state index is -0.432. The Balaban J connectivity index is 1.58. The van der Waals surface area contributed by atoms with Crippen LogP contribution in [0.15, 0.2) is 60.0 Å². The second kappa shape index (κ2) is 7.30. The number of thiazole rings is 1. The topological polar surface area (TPSA) is 68.3 Å². The van der Waals surface area contributed by atoms with Crippen LogP contribution in [0.1, 0.15) is 20.7 Å². The van der Waals surface area contributed by atoms with E-state index in [1.165, 1.54) is 18.4 Å². The predicted octanol–water partition coefficient (Wildman–Crippen LogP) is 5.06. The number of fused-ring (bicyclic) bond motifs is 1. The number of hydrogen-bond acceptors (Lipinski definition) is 6. The van der Waals surface area contributed by atoms with E-state index in [2.05, 4.69) is 15.0 Å². The Morgan fingerprint density at radius 1 is 1.00 bits per heavy atom. The Bertz CT molecular complexity index is 1100. The van der Waals surface area contributed by atoms with Gasteiger partial charge in [0.1, 0.15) is 10.0 Å². The summed E-state index contributed by atoms with van der Waals surface area (Å²) in [6.07, 6.45) is 0. The largest absolute Gasteiger partial charge is 0.465 e. The van der Waals surface area contributed by atoms with Gasteiger partial charge in [-0.25, -0.2) is 9.78 Å². The maximum Gasteiger partial charge on any atom is 0.337 e. The minimum Gasteiger partial charge on any atom is -0.465 e. The first-order valence-corrected chi connectivity index (χ1v) is 9.78. The van der Waals surface area contributed by atoms with Crippen molar-refractivity contribution in [3.63, 3.8) is 0 Å². The molecule has 5 nitrogen and oxygen atoms in total. The number of nitrogens with one attached hydrogen (secondary N) is 1. The number of thiophene rings is 1. The molecule has 0 fully saturated rings. The molecule has 0 unspecified atom stereocenters. The van der Waals surface area contributed by atoms with Crippen molar-refractivity contribution in [1.82, 2.24) is 4.98 Å². The van der Waals surface area contributed by atoms with Crippen LogP contribution in [0, 0.1) is 0 Å². The number of esters is 1. The van der Waals surface area contributed by atoms with Crippen LogP contribution in [-0.4, -0.2) is 24.0 Å². The van der Waals surface area contributed by atoms with E-state index in [9.17, 15) is 9.59 Å². The summed E-state index contributed by atoms with van der Waals surface area (Å²) >= 11 is 3.04. The first kappa shape index (κ1) is 17.4. The summed E-state index contributed by atoms with van der Waals surface area (Å²) in [4.78, 5) is 28.7. The van der Waals surface area contributed by atoms with E-state index in [4.69, 9.17) is 0 Å². The molecule has 4 aromatic rings. The van der Waals surface area contributed by atoms with E-state index in [0.29, 0.717) is 11.1 Å². The summed E-state index contributed by atoms with van der Waals surface area (Å²) in [5, 5.41) is 6.49. The number of amides is 1. The monoisotopic (exact) mass is 394 g/mol. The standard InChI is InChI=1S/C20H14N2O3S2/c1-25-20(24)13-8-6-12(7-9-13)17(23)22-18-14(10-11-26-18)19-21-15-4-2-3-5-16(15)27-19/h2-11H,1H3,(H,22,23). The molecule has 0 saturated carbocycles. The van der Waals surface area contributed by atoms with Gasteiger partial charge in [0.15, 0.2) is 0 Å². The number of para-hydroxylation sites is 1. The molecule has 0 bridgehead atoms. The zero-order chi connectivity index (χ0) is 18.8. The Hall–Kier alpha value is -3.03. The zero-order valence-electron chi connectivity index (χ0n) is 14.3. The van der Waals surface area contributed by atoms with Gasteiger partial charge in [-0.05, 0) is 47.8 Å². The first-order chi connectivity index (χ1) is 13.2. The molecule has 0 aliphatic carbocycles. The van der Waals surface area contributed by atoms with Gasteiger partial charge < -0.3 is 10.1 Å². The number of hydrogen-bond donors (Lipinski definition) is 1. The maximum atomic E-state index is 12.6. The molecule has 0 saturated heterocycles. The lowest BCUT2D eigenvalue weighted by atomic mass is 10.1. The molecule has 2 aromatic heterocycles. The molecule has 1 N–H and O–H groups in total. The number of nitrogens with zero attached hydrogens (tertiary/aromatic N) is 1. The highest BCUT2D eigenvalue weighted by Gasteiger charge is 2.15. The van der Waals surface area contributed by atoms with Crippen molar-refractivity contribution < 1.29 is 14.3 Å². The second-order valence-corrected chi connectivity index (χ2v) is 7.62. The molecule has 134 valence electrons. The number of methoxy groups -OCH3 is 1. The fourth-order valence-electron chi connectivity index (χ4n) is 2.61. The lowest BCUT2D eigenvalue weighted by Gasteiger charge is -2.06. The molecule has 2 aromatic carbocycles. The van der Waals surface area contributed by atoms with E-state index in [1.807, 2.05) is 35.7 Å². The third-order valence-corrected chi connectivity index (χ3v) is 5.88. The van der Waals surface area contributed by atoms with Crippen LogP contribution >= 0.6 is 22.7 Å². The van der Waals surface area contributed by atoms with Gasteiger partial charge in [-0.2, -0.15) is 0 Å². The Kier molecular flexibility index (Phi) is 4.70. The Morgan fingerprint density at radius 2 is 1.74 bits per heavy atom. The smallest absolute Gasteiger partial charge is 0.337 e. The van der Waals surface area contributed by atoms with Crippen molar-refractivity contribution in [1.29, 1.82) is 0 Å². The van der Waals surface area contributed by atoms with Crippen molar-refractivity contribution in [3.05, 3.63) is 71.1 Å². The van der Waals surface area contributed by atoms with Gasteiger partial charge in [0.05, 0.1) is 22.9 Å². The van der Waals surface area contributed by atoms with Gasteiger partial charge in [-0.15, -0.1) is 22.7 Å².